The molecule has 2 rings (SSSR count). The van der Waals surface area contributed by atoms with E-state index in [-0.39, 0.29) is 6.03 Å². The van der Waals surface area contributed by atoms with E-state index in [1.54, 1.807) is 0 Å². The zero-order valence-corrected chi connectivity index (χ0v) is 13.4. The summed E-state index contributed by atoms with van der Waals surface area (Å²) in [5.41, 5.74) is 2.54. The zero-order chi connectivity index (χ0) is 15.2. The highest BCUT2D eigenvalue weighted by Crippen LogP contribution is 2.17. The molecule has 0 spiro atoms. The summed E-state index contributed by atoms with van der Waals surface area (Å²) >= 11 is 0. The highest BCUT2D eigenvalue weighted by Gasteiger charge is 2.22. The van der Waals surface area contributed by atoms with Gasteiger partial charge in [0, 0.05) is 37.9 Å². The number of hydrogen-bond donors (Lipinski definition) is 1. The van der Waals surface area contributed by atoms with Crippen molar-refractivity contribution in [1.29, 1.82) is 0 Å². The Labute approximate surface area is 128 Å². The van der Waals surface area contributed by atoms with E-state index in [2.05, 4.69) is 55.3 Å². The highest BCUT2D eigenvalue weighted by atomic mass is 16.2. The Morgan fingerprint density at radius 2 is 1.86 bits per heavy atom. The van der Waals surface area contributed by atoms with E-state index in [0.29, 0.717) is 6.04 Å². The fourth-order valence-electron chi connectivity index (χ4n) is 2.75. The molecule has 0 unspecified atom stereocenters. The molecule has 4 heteroatoms. The first-order valence-electron chi connectivity index (χ1n) is 8.01. The monoisotopic (exact) mass is 289 g/mol. The lowest BCUT2D eigenvalue weighted by molar-refractivity contribution is 0.189. The molecule has 1 aliphatic rings. The fourth-order valence-corrected chi connectivity index (χ4v) is 2.75. The molecular weight excluding hydrogens is 262 g/mol. The first kappa shape index (κ1) is 15.7. The number of hydrogen-bond acceptors (Lipinski definition) is 2. The standard InChI is InChI=1S/C17H27N3O/c1-4-15(5-2)18-17(21)20-11-9-19(10-12-20)16-8-6-7-14(3)13-16/h6-8,13,15H,4-5,9-12H2,1-3H3,(H,18,21). The number of amides is 2. The van der Waals surface area contributed by atoms with Gasteiger partial charge in [0.1, 0.15) is 0 Å². The van der Waals surface area contributed by atoms with Crippen molar-refractivity contribution < 1.29 is 4.79 Å². The van der Waals surface area contributed by atoms with Gasteiger partial charge in [-0.15, -0.1) is 0 Å². The number of anilines is 1. The molecule has 0 bridgehead atoms. The number of rotatable bonds is 4. The van der Waals surface area contributed by atoms with E-state index in [1.807, 2.05) is 4.90 Å². The van der Waals surface area contributed by atoms with Gasteiger partial charge in [-0.2, -0.15) is 0 Å². The molecule has 0 atom stereocenters. The molecule has 0 radical (unpaired) electrons. The summed E-state index contributed by atoms with van der Waals surface area (Å²) in [6.07, 6.45) is 1.98. The van der Waals surface area contributed by atoms with Crippen LogP contribution in [0.1, 0.15) is 32.3 Å². The van der Waals surface area contributed by atoms with Crippen LogP contribution in [0.25, 0.3) is 0 Å². The van der Waals surface area contributed by atoms with Gasteiger partial charge in [-0.05, 0) is 37.5 Å². The largest absolute Gasteiger partial charge is 0.368 e. The van der Waals surface area contributed by atoms with Gasteiger partial charge in [0.2, 0.25) is 0 Å². The molecule has 0 saturated carbocycles. The number of nitrogens with one attached hydrogen (secondary N) is 1. The molecule has 0 aromatic heterocycles. The normalized spacial score (nSPS) is 15.4. The Morgan fingerprint density at radius 1 is 1.19 bits per heavy atom. The van der Waals surface area contributed by atoms with Crippen molar-refractivity contribution in [3.63, 3.8) is 0 Å². The van der Waals surface area contributed by atoms with E-state index in [4.69, 9.17) is 0 Å². The average molecular weight is 289 g/mol. The number of aryl methyl sites for hydroxylation is 1. The van der Waals surface area contributed by atoms with Gasteiger partial charge >= 0.3 is 6.03 Å². The summed E-state index contributed by atoms with van der Waals surface area (Å²) in [5, 5.41) is 3.12. The van der Waals surface area contributed by atoms with Crippen molar-refractivity contribution >= 4 is 11.7 Å². The van der Waals surface area contributed by atoms with Crippen LogP contribution in [0.3, 0.4) is 0 Å². The summed E-state index contributed by atoms with van der Waals surface area (Å²) in [4.78, 5) is 16.5. The summed E-state index contributed by atoms with van der Waals surface area (Å²) in [7, 11) is 0. The number of benzene rings is 1. The lowest BCUT2D eigenvalue weighted by atomic mass is 10.2. The summed E-state index contributed by atoms with van der Waals surface area (Å²) in [6, 6.07) is 8.95. The van der Waals surface area contributed by atoms with Gasteiger partial charge in [-0.1, -0.05) is 26.0 Å². The Morgan fingerprint density at radius 3 is 2.43 bits per heavy atom. The van der Waals surface area contributed by atoms with Crippen LogP contribution in [-0.2, 0) is 0 Å². The molecule has 1 aromatic carbocycles. The molecule has 4 nitrogen and oxygen atoms in total. The highest BCUT2D eigenvalue weighted by molar-refractivity contribution is 5.75. The van der Waals surface area contributed by atoms with Crippen LogP contribution in [-0.4, -0.2) is 43.2 Å². The second-order valence-electron chi connectivity index (χ2n) is 5.78. The van der Waals surface area contributed by atoms with E-state index < -0.39 is 0 Å². The van der Waals surface area contributed by atoms with Crippen LogP contribution in [0.4, 0.5) is 10.5 Å². The van der Waals surface area contributed by atoms with Crippen molar-refractivity contribution in [2.45, 2.75) is 39.7 Å². The quantitative estimate of drug-likeness (QED) is 0.925. The number of carbonyl (C=O) groups is 1. The molecule has 1 N–H and O–H groups in total. The van der Waals surface area contributed by atoms with Crippen LogP contribution in [0.15, 0.2) is 24.3 Å². The molecule has 2 amide bonds. The summed E-state index contributed by atoms with van der Waals surface area (Å²) < 4.78 is 0. The number of urea groups is 1. The number of carbonyl (C=O) groups excluding carboxylic acids is 1. The number of piperazine rings is 1. The van der Waals surface area contributed by atoms with E-state index in [9.17, 15) is 4.79 Å². The number of nitrogens with zero attached hydrogens (tertiary/aromatic N) is 2. The van der Waals surface area contributed by atoms with E-state index >= 15 is 0 Å². The van der Waals surface area contributed by atoms with Gasteiger partial charge in [-0.3, -0.25) is 0 Å². The van der Waals surface area contributed by atoms with Crippen molar-refractivity contribution in [3.8, 4) is 0 Å². The van der Waals surface area contributed by atoms with Gasteiger partial charge in [0.25, 0.3) is 0 Å². The topological polar surface area (TPSA) is 35.6 Å². The van der Waals surface area contributed by atoms with Crippen LogP contribution in [0.5, 0.6) is 0 Å². The second kappa shape index (κ2) is 7.34. The molecule has 1 saturated heterocycles. The minimum Gasteiger partial charge on any atom is -0.368 e. The third-order valence-electron chi connectivity index (χ3n) is 4.25. The van der Waals surface area contributed by atoms with Crippen LogP contribution >= 0.6 is 0 Å². The third kappa shape index (κ3) is 4.13. The minimum atomic E-state index is 0.0904. The Bertz CT molecular complexity index is 463. The molecule has 21 heavy (non-hydrogen) atoms. The Kier molecular flexibility index (Phi) is 5.48. The molecule has 1 aromatic rings. The van der Waals surface area contributed by atoms with Crippen molar-refractivity contribution in [1.82, 2.24) is 10.2 Å². The summed E-state index contributed by atoms with van der Waals surface area (Å²) in [6.45, 7) is 9.73. The SMILES string of the molecule is CCC(CC)NC(=O)N1CCN(c2cccc(C)c2)CC1. The molecule has 116 valence electrons. The van der Waals surface area contributed by atoms with Crippen molar-refractivity contribution in [3.05, 3.63) is 29.8 Å². The maximum Gasteiger partial charge on any atom is 0.317 e. The predicted octanol–water partition coefficient (Wildman–Crippen LogP) is 3.02. The first-order valence-corrected chi connectivity index (χ1v) is 8.01. The molecule has 1 aliphatic heterocycles. The zero-order valence-electron chi connectivity index (χ0n) is 13.4. The maximum absolute atomic E-state index is 12.2. The Balaban J connectivity index is 1.87. The van der Waals surface area contributed by atoms with E-state index in [0.717, 1.165) is 39.0 Å². The second-order valence-corrected chi connectivity index (χ2v) is 5.78. The van der Waals surface area contributed by atoms with Crippen molar-refractivity contribution in [2.75, 3.05) is 31.1 Å². The molecule has 0 aliphatic carbocycles. The van der Waals surface area contributed by atoms with Crippen LogP contribution in [0.2, 0.25) is 0 Å². The van der Waals surface area contributed by atoms with Gasteiger partial charge < -0.3 is 15.1 Å². The minimum absolute atomic E-state index is 0.0904. The average Bonchev–Trinajstić information content (AvgIpc) is 2.52. The van der Waals surface area contributed by atoms with E-state index in [1.165, 1.54) is 11.3 Å². The fraction of sp³-hybridized carbons (Fsp3) is 0.588. The van der Waals surface area contributed by atoms with Gasteiger partial charge in [0.15, 0.2) is 0 Å². The van der Waals surface area contributed by atoms with Gasteiger partial charge in [0.05, 0.1) is 0 Å². The molecular formula is C17H27N3O. The first-order chi connectivity index (χ1) is 10.1. The van der Waals surface area contributed by atoms with Crippen molar-refractivity contribution in [2.24, 2.45) is 0 Å². The smallest absolute Gasteiger partial charge is 0.317 e. The van der Waals surface area contributed by atoms with Gasteiger partial charge in [-0.25, -0.2) is 4.79 Å². The Hall–Kier alpha value is -1.71. The van der Waals surface area contributed by atoms with Crippen LogP contribution < -0.4 is 10.2 Å². The summed E-state index contributed by atoms with van der Waals surface area (Å²) in [5.74, 6) is 0. The maximum atomic E-state index is 12.2. The molecule has 1 heterocycles. The lowest BCUT2D eigenvalue weighted by Crippen LogP contribution is -2.53. The predicted molar refractivity (Wildman–Crippen MR) is 87.9 cm³/mol. The van der Waals surface area contributed by atoms with Crippen LogP contribution in [0, 0.1) is 6.92 Å². The molecule has 1 fully saturated rings. The third-order valence-corrected chi connectivity index (χ3v) is 4.25. The lowest BCUT2D eigenvalue weighted by Gasteiger charge is -2.36.